The third-order valence-electron chi connectivity index (χ3n) is 3.49. The van der Waals surface area contributed by atoms with Gasteiger partial charge in [-0.2, -0.15) is 0 Å². The molecule has 2 N–H and O–H groups in total. The summed E-state index contributed by atoms with van der Waals surface area (Å²) >= 11 is 0. The Kier molecular flexibility index (Phi) is 4.80. The number of hydrogen-bond acceptors (Lipinski definition) is 3. The maximum atomic E-state index is 12.2. The molecule has 0 aromatic heterocycles. The first-order valence-electron chi connectivity index (χ1n) is 6.95. The second-order valence-electron chi connectivity index (χ2n) is 5.31. The molecule has 0 saturated carbocycles. The summed E-state index contributed by atoms with van der Waals surface area (Å²) in [6, 6.07) is 6.43. The Morgan fingerprint density at radius 3 is 2.90 bits per heavy atom. The average Bonchev–Trinajstić information content (AvgIpc) is 2.47. The molecule has 21 heavy (non-hydrogen) atoms. The van der Waals surface area contributed by atoms with E-state index in [2.05, 4.69) is 5.32 Å². The number of urea groups is 1. The molecule has 2 atom stereocenters. The third kappa shape index (κ3) is 3.95. The molecule has 6 heteroatoms. The summed E-state index contributed by atoms with van der Waals surface area (Å²) in [6.07, 6.45) is 0.0299. The van der Waals surface area contributed by atoms with Gasteiger partial charge in [-0.1, -0.05) is 12.1 Å². The van der Waals surface area contributed by atoms with Crippen LogP contribution >= 0.6 is 0 Å². The van der Waals surface area contributed by atoms with Crippen molar-refractivity contribution in [1.82, 2.24) is 10.2 Å². The summed E-state index contributed by atoms with van der Waals surface area (Å²) in [6.45, 7) is 5.27. The molecule has 6 nitrogen and oxygen atoms in total. The van der Waals surface area contributed by atoms with Gasteiger partial charge in [-0.3, -0.25) is 0 Å². The van der Waals surface area contributed by atoms with Gasteiger partial charge in [0, 0.05) is 13.1 Å². The lowest BCUT2D eigenvalue weighted by Gasteiger charge is -2.36. The van der Waals surface area contributed by atoms with Crippen LogP contribution in [0.25, 0.3) is 0 Å². The molecule has 1 aliphatic rings. The van der Waals surface area contributed by atoms with Crippen LogP contribution in [-0.2, 0) is 11.3 Å². The molecule has 114 valence electrons. The molecule has 2 amide bonds. The van der Waals surface area contributed by atoms with Crippen molar-refractivity contribution >= 4 is 12.0 Å². The van der Waals surface area contributed by atoms with E-state index >= 15 is 0 Å². The van der Waals surface area contributed by atoms with E-state index in [-0.39, 0.29) is 23.7 Å². The summed E-state index contributed by atoms with van der Waals surface area (Å²) in [4.78, 5) is 24.8. The van der Waals surface area contributed by atoms with Gasteiger partial charge in [-0.25, -0.2) is 9.59 Å². The predicted octanol–water partition coefficient (Wildman–Crippen LogP) is 1.70. The van der Waals surface area contributed by atoms with Crippen molar-refractivity contribution in [2.24, 2.45) is 0 Å². The number of ether oxygens (including phenoxy) is 1. The number of nitrogens with one attached hydrogen (secondary N) is 1. The zero-order chi connectivity index (χ0) is 15.4. The van der Waals surface area contributed by atoms with Gasteiger partial charge in [-0.05, 0) is 31.5 Å². The number of carbonyl (C=O) groups excluding carboxylic acids is 1. The first-order chi connectivity index (χ1) is 9.97. The first kappa shape index (κ1) is 15.3. The van der Waals surface area contributed by atoms with Gasteiger partial charge < -0.3 is 20.1 Å². The lowest BCUT2D eigenvalue weighted by atomic mass is 10.1. The number of carboxylic acid groups (broad SMARTS) is 1. The minimum atomic E-state index is -0.973. The minimum Gasteiger partial charge on any atom is -0.478 e. The Hall–Kier alpha value is -2.08. The lowest BCUT2D eigenvalue weighted by Crippen LogP contribution is -2.53. The maximum Gasteiger partial charge on any atom is 0.335 e. The molecule has 0 aliphatic carbocycles. The second-order valence-corrected chi connectivity index (χ2v) is 5.31. The number of carbonyl (C=O) groups is 2. The van der Waals surface area contributed by atoms with Gasteiger partial charge in [0.05, 0.1) is 24.3 Å². The van der Waals surface area contributed by atoms with Crippen LogP contribution in [-0.4, -0.2) is 47.3 Å². The normalized spacial score (nSPS) is 21.9. The van der Waals surface area contributed by atoms with Gasteiger partial charge >= 0.3 is 12.0 Å². The molecule has 0 spiro atoms. The highest BCUT2D eigenvalue weighted by molar-refractivity contribution is 5.87. The van der Waals surface area contributed by atoms with Gasteiger partial charge in [-0.15, -0.1) is 0 Å². The van der Waals surface area contributed by atoms with Crippen LogP contribution in [0.15, 0.2) is 24.3 Å². The van der Waals surface area contributed by atoms with Crippen LogP contribution in [0.2, 0.25) is 0 Å². The number of morpholine rings is 1. The number of nitrogens with zero attached hydrogens (tertiary/aromatic N) is 1. The summed E-state index contributed by atoms with van der Waals surface area (Å²) < 4.78 is 5.49. The SMILES string of the molecule is CC1CN(C(=O)NCc2cccc(C(=O)O)c2)C(C)CO1. The predicted molar refractivity (Wildman–Crippen MR) is 77.2 cm³/mol. The van der Waals surface area contributed by atoms with Crippen molar-refractivity contribution in [1.29, 1.82) is 0 Å². The number of aromatic carboxylic acids is 1. The fourth-order valence-electron chi connectivity index (χ4n) is 2.28. The van der Waals surface area contributed by atoms with Crippen LogP contribution in [0.4, 0.5) is 4.79 Å². The molecule has 1 aliphatic heterocycles. The van der Waals surface area contributed by atoms with E-state index in [0.717, 1.165) is 5.56 Å². The molecular formula is C15H20N2O4. The second kappa shape index (κ2) is 6.58. The zero-order valence-electron chi connectivity index (χ0n) is 12.2. The Bertz CT molecular complexity index is 532. The molecule has 1 aromatic carbocycles. The zero-order valence-corrected chi connectivity index (χ0v) is 12.2. The van der Waals surface area contributed by atoms with Gasteiger partial charge in [0.15, 0.2) is 0 Å². The summed E-state index contributed by atoms with van der Waals surface area (Å²) in [7, 11) is 0. The molecular weight excluding hydrogens is 272 g/mol. The Labute approximate surface area is 123 Å². The fraction of sp³-hybridized carbons (Fsp3) is 0.467. The van der Waals surface area contributed by atoms with E-state index in [1.807, 2.05) is 13.8 Å². The summed E-state index contributed by atoms with van der Waals surface area (Å²) in [5.74, 6) is -0.973. The van der Waals surface area contributed by atoms with Crippen LogP contribution in [0.3, 0.4) is 0 Å². The summed E-state index contributed by atoms with van der Waals surface area (Å²) in [5, 5.41) is 11.8. The lowest BCUT2D eigenvalue weighted by molar-refractivity contribution is -0.0318. The van der Waals surface area contributed by atoms with Crippen molar-refractivity contribution in [3.8, 4) is 0 Å². The number of rotatable bonds is 3. The monoisotopic (exact) mass is 292 g/mol. The van der Waals surface area contributed by atoms with Crippen LogP contribution in [0.1, 0.15) is 29.8 Å². The van der Waals surface area contributed by atoms with Crippen molar-refractivity contribution in [3.63, 3.8) is 0 Å². The number of amides is 2. The Balaban J connectivity index is 1.94. The van der Waals surface area contributed by atoms with E-state index in [1.54, 1.807) is 23.1 Å². The standard InChI is InChI=1S/C15H20N2O4/c1-10-9-21-11(2)8-17(10)15(20)16-7-12-4-3-5-13(6-12)14(18)19/h3-6,10-11H,7-9H2,1-2H3,(H,16,20)(H,18,19). The van der Waals surface area contributed by atoms with Crippen LogP contribution in [0.5, 0.6) is 0 Å². The minimum absolute atomic E-state index is 0.0299. The number of hydrogen-bond donors (Lipinski definition) is 2. The van der Waals surface area contributed by atoms with Gasteiger partial charge in [0.25, 0.3) is 0 Å². The largest absolute Gasteiger partial charge is 0.478 e. The Morgan fingerprint density at radius 1 is 1.43 bits per heavy atom. The number of benzene rings is 1. The van der Waals surface area contributed by atoms with E-state index in [0.29, 0.717) is 19.7 Å². The number of carboxylic acids is 1. The van der Waals surface area contributed by atoms with Crippen molar-refractivity contribution < 1.29 is 19.4 Å². The molecule has 1 aromatic rings. The van der Waals surface area contributed by atoms with Crippen molar-refractivity contribution in [2.75, 3.05) is 13.2 Å². The van der Waals surface area contributed by atoms with E-state index in [9.17, 15) is 9.59 Å². The molecule has 0 bridgehead atoms. The van der Waals surface area contributed by atoms with Crippen LogP contribution in [0, 0.1) is 0 Å². The van der Waals surface area contributed by atoms with Crippen molar-refractivity contribution in [2.45, 2.75) is 32.5 Å². The average molecular weight is 292 g/mol. The highest BCUT2D eigenvalue weighted by Gasteiger charge is 2.27. The van der Waals surface area contributed by atoms with Gasteiger partial charge in [0.2, 0.25) is 0 Å². The van der Waals surface area contributed by atoms with Gasteiger partial charge in [0.1, 0.15) is 0 Å². The Morgan fingerprint density at radius 2 is 2.19 bits per heavy atom. The quantitative estimate of drug-likeness (QED) is 0.889. The molecule has 2 unspecified atom stereocenters. The molecule has 1 fully saturated rings. The first-order valence-corrected chi connectivity index (χ1v) is 6.95. The molecule has 1 saturated heterocycles. The van der Waals surface area contributed by atoms with Crippen LogP contribution < -0.4 is 5.32 Å². The maximum absolute atomic E-state index is 12.2. The smallest absolute Gasteiger partial charge is 0.335 e. The van der Waals surface area contributed by atoms with E-state index < -0.39 is 5.97 Å². The van der Waals surface area contributed by atoms with Crippen molar-refractivity contribution in [3.05, 3.63) is 35.4 Å². The fourth-order valence-corrected chi connectivity index (χ4v) is 2.28. The highest BCUT2D eigenvalue weighted by Crippen LogP contribution is 2.12. The van der Waals surface area contributed by atoms with E-state index in [4.69, 9.17) is 9.84 Å². The third-order valence-corrected chi connectivity index (χ3v) is 3.49. The molecule has 2 rings (SSSR count). The summed E-state index contributed by atoms with van der Waals surface area (Å²) in [5.41, 5.74) is 0.979. The molecule has 0 radical (unpaired) electrons. The van der Waals surface area contributed by atoms with E-state index in [1.165, 1.54) is 6.07 Å². The topological polar surface area (TPSA) is 78.9 Å². The molecule has 1 heterocycles. The highest BCUT2D eigenvalue weighted by atomic mass is 16.5.